The van der Waals surface area contributed by atoms with Gasteiger partial charge in [-0.15, -0.1) is 0 Å². The van der Waals surface area contributed by atoms with E-state index in [0.717, 1.165) is 24.2 Å². The molecule has 9 heteroatoms. The number of benzene rings is 4. The van der Waals surface area contributed by atoms with Gasteiger partial charge in [0.25, 0.3) is 5.91 Å². The van der Waals surface area contributed by atoms with Crippen LogP contribution < -0.4 is 15.0 Å². The van der Waals surface area contributed by atoms with Crippen LogP contribution in [0.15, 0.2) is 103 Å². The normalized spacial score (nSPS) is 11.3. The maximum absolute atomic E-state index is 12.6. The smallest absolute Gasteiger partial charge is 0.335 e. The SMILES string of the molecule is O=C(O)c1cccc(C(=O)NOCC(Cc2ccccc2C(=O)O)c2cccc(OCCCCOc3ccccc3)c2)c1. The molecule has 4 aromatic rings. The average Bonchev–Trinajstić information content (AvgIpc) is 3.03. The van der Waals surface area contributed by atoms with Crippen LogP contribution >= 0.6 is 0 Å². The lowest BCUT2D eigenvalue weighted by Gasteiger charge is -2.20. The zero-order chi connectivity index (χ0) is 30.4. The molecule has 43 heavy (non-hydrogen) atoms. The number of carboxylic acids is 2. The molecule has 0 heterocycles. The number of rotatable bonds is 16. The first kappa shape index (κ1) is 30.8. The second kappa shape index (κ2) is 15.7. The molecule has 0 spiro atoms. The van der Waals surface area contributed by atoms with Gasteiger partial charge in [-0.2, -0.15) is 0 Å². The summed E-state index contributed by atoms with van der Waals surface area (Å²) in [4.78, 5) is 41.3. The molecule has 0 saturated carbocycles. The topological polar surface area (TPSA) is 131 Å². The third-order valence-corrected chi connectivity index (χ3v) is 6.68. The van der Waals surface area contributed by atoms with Gasteiger partial charge in [-0.3, -0.25) is 9.63 Å². The molecule has 0 saturated heterocycles. The zero-order valence-corrected chi connectivity index (χ0v) is 23.5. The molecule has 1 unspecified atom stereocenters. The Morgan fingerprint density at radius 1 is 0.674 bits per heavy atom. The van der Waals surface area contributed by atoms with E-state index in [9.17, 15) is 24.6 Å². The van der Waals surface area contributed by atoms with E-state index in [1.54, 1.807) is 24.3 Å². The van der Waals surface area contributed by atoms with Gasteiger partial charge in [0, 0.05) is 11.5 Å². The molecule has 0 fully saturated rings. The first-order chi connectivity index (χ1) is 20.9. The van der Waals surface area contributed by atoms with Gasteiger partial charge in [0.15, 0.2) is 0 Å². The minimum atomic E-state index is -1.14. The summed E-state index contributed by atoms with van der Waals surface area (Å²) in [7, 11) is 0. The lowest BCUT2D eigenvalue weighted by Crippen LogP contribution is -2.27. The molecule has 0 aliphatic rings. The Balaban J connectivity index is 1.39. The third kappa shape index (κ3) is 9.44. The summed E-state index contributed by atoms with van der Waals surface area (Å²) in [5.41, 5.74) is 4.14. The van der Waals surface area contributed by atoms with Gasteiger partial charge in [0.2, 0.25) is 0 Å². The lowest BCUT2D eigenvalue weighted by atomic mass is 9.90. The van der Waals surface area contributed by atoms with E-state index in [-0.39, 0.29) is 29.2 Å². The Morgan fingerprint density at radius 3 is 2.07 bits per heavy atom. The molecule has 4 aromatic carbocycles. The van der Waals surface area contributed by atoms with E-state index >= 15 is 0 Å². The van der Waals surface area contributed by atoms with Gasteiger partial charge in [0.05, 0.1) is 30.9 Å². The van der Waals surface area contributed by atoms with E-state index in [1.165, 1.54) is 24.3 Å². The van der Waals surface area contributed by atoms with Crippen LogP contribution in [0.4, 0.5) is 0 Å². The van der Waals surface area contributed by atoms with Crippen molar-refractivity contribution in [3.63, 3.8) is 0 Å². The van der Waals surface area contributed by atoms with Gasteiger partial charge < -0.3 is 19.7 Å². The van der Waals surface area contributed by atoms with Crippen molar-refractivity contribution in [2.45, 2.75) is 25.2 Å². The van der Waals surface area contributed by atoms with Crippen molar-refractivity contribution in [1.29, 1.82) is 0 Å². The van der Waals surface area contributed by atoms with E-state index < -0.39 is 17.8 Å². The Labute approximate surface area is 249 Å². The summed E-state index contributed by atoms with van der Waals surface area (Å²) in [6, 6.07) is 29.5. The van der Waals surface area contributed by atoms with Crippen LogP contribution in [0.5, 0.6) is 11.5 Å². The minimum Gasteiger partial charge on any atom is -0.494 e. The maximum Gasteiger partial charge on any atom is 0.335 e. The number of para-hydroxylation sites is 1. The molecule has 0 aliphatic heterocycles. The number of unbranched alkanes of at least 4 members (excludes halogenated alkanes) is 1. The van der Waals surface area contributed by atoms with Crippen molar-refractivity contribution >= 4 is 17.8 Å². The molecule has 0 bridgehead atoms. The zero-order valence-electron chi connectivity index (χ0n) is 23.5. The minimum absolute atomic E-state index is 0.0173. The fraction of sp³-hybridized carbons (Fsp3) is 0.206. The molecular formula is C34H33NO8. The van der Waals surface area contributed by atoms with Gasteiger partial charge in [-0.25, -0.2) is 15.1 Å². The Hall–Kier alpha value is -5.15. The predicted molar refractivity (Wildman–Crippen MR) is 160 cm³/mol. The highest BCUT2D eigenvalue weighted by atomic mass is 16.7. The van der Waals surface area contributed by atoms with E-state index in [1.807, 2.05) is 54.6 Å². The van der Waals surface area contributed by atoms with Crippen molar-refractivity contribution in [3.05, 3.63) is 131 Å². The number of carbonyl (C=O) groups is 3. The van der Waals surface area contributed by atoms with Crippen LogP contribution in [0.1, 0.15) is 61.0 Å². The van der Waals surface area contributed by atoms with Crippen LogP contribution in [-0.4, -0.2) is 47.9 Å². The quantitative estimate of drug-likeness (QED) is 0.108. The van der Waals surface area contributed by atoms with Crippen molar-refractivity contribution in [1.82, 2.24) is 5.48 Å². The molecule has 0 aliphatic carbocycles. The number of ether oxygens (including phenoxy) is 2. The van der Waals surface area contributed by atoms with E-state index in [0.29, 0.717) is 30.9 Å². The second-order valence-corrected chi connectivity index (χ2v) is 9.78. The van der Waals surface area contributed by atoms with Crippen LogP contribution in [0.3, 0.4) is 0 Å². The number of aromatic carboxylic acids is 2. The summed E-state index contributed by atoms with van der Waals surface area (Å²) < 4.78 is 11.7. The highest BCUT2D eigenvalue weighted by Crippen LogP contribution is 2.27. The molecule has 9 nitrogen and oxygen atoms in total. The number of hydrogen-bond donors (Lipinski definition) is 3. The number of carboxylic acid groups (broad SMARTS) is 2. The molecule has 1 atom stereocenters. The number of hydroxylamine groups is 1. The molecule has 0 radical (unpaired) electrons. The summed E-state index contributed by atoms with van der Waals surface area (Å²) in [6.45, 7) is 1.11. The molecule has 1 amide bonds. The average molecular weight is 584 g/mol. The molecule has 0 aromatic heterocycles. The molecule has 4 rings (SSSR count). The summed E-state index contributed by atoms with van der Waals surface area (Å²) >= 11 is 0. The van der Waals surface area contributed by atoms with Crippen LogP contribution in [0.2, 0.25) is 0 Å². The second-order valence-electron chi connectivity index (χ2n) is 9.78. The van der Waals surface area contributed by atoms with Gasteiger partial charge in [-0.05, 0) is 78.9 Å². The molecule has 222 valence electrons. The first-order valence-electron chi connectivity index (χ1n) is 13.9. The standard InChI is InChI=1S/C34H33NO8/c36-32(26-12-8-13-27(21-26)33(37)38)35-43-23-28(20-25-10-4-5-17-31(25)34(39)40)24-11-9-16-30(22-24)42-19-7-6-18-41-29-14-2-1-3-15-29/h1-5,8-17,21-22,28H,6-7,18-20,23H2,(H,35,36)(H,37,38)(H,39,40). The van der Waals surface area contributed by atoms with E-state index in [4.69, 9.17) is 14.3 Å². The summed E-state index contributed by atoms with van der Waals surface area (Å²) in [5, 5.41) is 18.9. The highest BCUT2D eigenvalue weighted by molar-refractivity contribution is 5.97. The van der Waals surface area contributed by atoms with Crippen molar-refractivity contribution < 1.29 is 38.9 Å². The number of carbonyl (C=O) groups excluding carboxylic acids is 1. The van der Waals surface area contributed by atoms with Crippen molar-refractivity contribution in [2.75, 3.05) is 19.8 Å². The molecule has 3 N–H and O–H groups in total. The van der Waals surface area contributed by atoms with Crippen LogP contribution in [0, 0.1) is 0 Å². The predicted octanol–water partition coefficient (Wildman–Crippen LogP) is 6.01. The fourth-order valence-corrected chi connectivity index (χ4v) is 4.46. The Morgan fingerprint density at radius 2 is 1.33 bits per heavy atom. The largest absolute Gasteiger partial charge is 0.494 e. The van der Waals surface area contributed by atoms with Gasteiger partial charge >= 0.3 is 11.9 Å². The highest BCUT2D eigenvalue weighted by Gasteiger charge is 2.19. The lowest BCUT2D eigenvalue weighted by molar-refractivity contribution is 0.0253. The van der Waals surface area contributed by atoms with Crippen LogP contribution in [-0.2, 0) is 11.3 Å². The summed E-state index contributed by atoms with van der Waals surface area (Å²) in [5.74, 6) is -1.62. The third-order valence-electron chi connectivity index (χ3n) is 6.68. The van der Waals surface area contributed by atoms with E-state index in [2.05, 4.69) is 5.48 Å². The molecular weight excluding hydrogens is 550 g/mol. The maximum atomic E-state index is 12.6. The first-order valence-corrected chi connectivity index (χ1v) is 13.9. The Bertz CT molecular complexity index is 1520. The van der Waals surface area contributed by atoms with Gasteiger partial charge in [0.1, 0.15) is 11.5 Å². The fourth-order valence-electron chi connectivity index (χ4n) is 4.46. The number of nitrogens with one attached hydrogen (secondary N) is 1. The number of hydrogen-bond acceptors (Lipinski definition) is 6. The number of amides is 1. The van der Waals surface area contributed by atoms with Crippen molar-refractivity contribution in [3.8, 4) is 11.5 Å². The van der Waals surface area contributed by atoms with Crippen LogP contribution in [0.25, 0.3) is 0 Å². The Kier molecular flexibility index (Phi) is 11.3. The monoisotopic (exact) mass is 583 g/mol. The van der Waals surface area contributed by atoms with Gasteiger partial charge in [-0.1, -0.05) is 54.6 Å². The summed E-state index contributed by atoms with van der Waals surface area (Å²) in [6.07, 6.45) is 1.95. The van der Waals surface area contributed by atoms with Crippen molar-refractivity contribution in [2.24, 2.45) is 0 Å².